The molecule has 1 unspecified atom stereocenters. The molecule has 1 radical (unpaired) electrons. The van der Waals surface area contributed by atoms with Gasteiger partial charge in [0.1, 0.15) is 0 Å². The molecular formula is C49H37IrN3-2. The van der Waals surface area contributed by atoms with Gasteiger partial charge in [-0.3, -0.25) is 0 Å². The molecule has 3 heterocycles. The zero-order valence-corrected chi connectivity index (χ0v) is 32.0. The minimum absolute atomic E-state index is 0. The van der Waals surface area contributed by atoms with Gasteiger partial charge in [0.25, 0.3) is 0 Å². The summed E-state index contributed by atoms with van der Waals surface area (Å²) in [5.41, 5.74) is 13.7. The first kappa shape index (κ1) is 35.5. The molecular weight excluding hydrogens is 823 g/mol. The van der Waals surface area contributed by atoms with Crippen molar-refractivity contribution < 1.29 is 20.1 Å². The summed E-state index contributed by atoms with van der Waals surface area (Å²) in [6.45, 7) is 4.34. The average Bonchev–Trinajstić information content (AvgIpc) is 3.56. The van der Waals surface area contributed by atoms with Gasteiger partial charge in [0, 0.05) is 49.6 Å². The van der Waals surface area contributed by atoms with Crippen molar-refractivity contribution in [2.45, 2.75) is 19.8 Å². The van der Waals surface area contributed by atoms with E-state index in [1.165, 1.54) is 44.1 Å². The molecule has 0 spiro atoms. The Bertz CT molecular complexity index is 2580. The smallest absolute Gasteiger partial charge is 0.0436 e. The van der Waals surface area contributed by atoms with E-state index in [1.54, 1.807) is 0 Å². The van der Waals surface area contributed by atoms with Gasteiger partial charge in [0.15, 0.2) is 0 Å². The molecule has 3 nitrogen and oxygen atoms in total. The standard InChI is InChI=1S/C31H23N2.C18H14N.Ir/c1-22(23-10-4-2-5-11-23)24-18-19-32-29(21-24)25-16-17-31-28(20-25)27-14-8-9-15-30(27)33(31)26-12-6-3-7-13-26;1-14-13-19-18(16-10-6-3-7-11-16)12-17(14)15-8-4-2-5-9-15;/h2-15,17-22H,1H3;2-10,12-13H,1H3;/q2*-1;. The molecule has 0 aliphatic carbocycles. The number of fused-ring (bicyclic) bond motifs is 3. The van der Waals surface area contributed by atoms with Crippen molar-refractivity contribution in [3.05, 3.63) is 211 Å². The molecule has 0 fully saturated rings. The summed E-state index contributed by atoms with van der Waals surface area (Å²) in [4.78, 5) is 9.20. The Morgan fingerprint density at radius 2 is 1.25 bits per heavy atom. The molecule has 3 aromatic heterocycles. The Hall–Kier alpha value is -5.93. The van der Waals surface area contributed by atoms with Crippen molar-refractivity contribution >= 4 is 21.8 Å². The number of benzene rings is 6. The van der Waals surface area contributed by atoms with Crippen LogP contribution in [0.5, 0.6) is 0 Å². The number of hydrogen-bond acceptors (Lipinski definition) is 2. The third-order valence-electron chi connectivity index (χ3n) is 9.65. The van der Waals surface area contributed by atoms with Crippen LogP contribution < -0.4 is 0 Å². The Morgan fingerprint density at radius 3 is 2.00 bits per heavy atom. The normalized spacial score (nSPS) is 11.4. The van der Waals surface area contributed by atoms with Crippen LogP contribution in [0.3, 0.4) is 0 Å². The molecule has 9 aromatic rings. The van der Waals surface area contributed by atoms with Crippen molar-refractivity contribution in [1.82, 2.24) is 14.5 Å². The van der Waals surface area contributed by atoms with Crippen LogP contribution in [0.25, 0.3) is 61.1 Å². The summed E-state index contributed by atoms with van der Waals surface area (Å²) in [5.74, 6) is 0.302. The largest absolute Gasteiger partial charge is 0.351 e. The first-order valence-corrected chi connectivity index (χ1v) is 17.6. The van der Waals surface area contributed by atoms with Crippen molar-refractivity contribution in [3.8, 4) is 39.3 Å². The predicted octanol–water partition coefficient (Wildman–Crippen LogP) is 12.3. The van der Waals surface area contributed by atoms with Gasteiger partial charge in [0.2, 0.25) is 0 Å². The monoisotopic (exact) mass is 860 g/mol. The van der Waals surface area contributed by atoms with Gasteiger partial charge < -0.3 is 14.5 Å². The van der Waals surface area contributed by atoms with Crippen LogP contribution in [0.2, 0.25) is 0 Å². The maximum Gasteiger partial charge on any atom is 0.0436 e. The number of rotatable bonds is 6. The average molecular weight is 860 g/mol. The minimum Gasteiger partial charge on any atom is -0.351 e. The summed E-state index contributed by atoms with van der Waals surface area (Å²) >= 11 is 0. The second-order valence-corrected chi connectivity index (χ2v) is 13.0. The van der Waals surface area contributed by atoms with Gasteiger partial charge >= 0.3 is 0 Å². The molecule has 0 N–H and O–H groups in total. The molecule has 9 rings (SSSR count). The number of nitrogens with zero attached hydrogens (tertiary/aromatic N) is 3. The van der Waals surface area contributed by atoms with Gasteiger partial charge in [-0.2, -0.15) is 0 Å². The third kappa shape index (κ3) is 7.52. The fourth-order valence-corrected chi connectivity index (χ4v) is 6.86. The fourth-order valence-electron chi connectivity index (χ4n) is 6.86. The molecule has 0 saturated heterocycles. The van der Waals surface area contributed by atoms with E-state index in [-0.39, 0.29) is 20.1 Å². The van der Waals surface area contributed by atoms with E-state index in [0.717, 1.165) is 33.7 Å². The molecule has 4 heteroatoms. The molecule has 0 aliphatic heterocycles. The number of hydrogen-bond donors (Lipinski definition) is 0. The van der Waals surface area contributed by atoms with Crippen molar-refractivity contribution in [2.24, 2.45) is 0 Å². The summed E-state index contributed by atoms with van der Waals surface area (Å²) in [5, 5.41) is 2.45. The topological polar surface area (TPSA) is 30.7 Å². The number of para-hydroxylation sites is 2. The van der Waals surface area contributed by atoms with E-state index < -0.39 is 0 Å². The molecule has 6 aromatic carbocycles. The van der Waals surface area contributed by atoms with Crippen LogP contribution >= 0.6 is 0 Å². The zero-order valence-electron chi connectivity index (χ0n) is 29.6. The Kier molecular flexibility index (Phi) is 10.8. The Labute approximate surface area is 325 Å². The molecule has 0 aliphatic rings. The summed E-state index contributed by atoms with van der Waals surface area (Å²) in [7, 11) is 0. The van der Waals surface area contributed by atoms with Gasteiger partial charge in [0.05, 0.1) is 0 Å². The molecule has 0 amide bonds. The van der Waals surface area contributed by atoms with E-state index in [1.807, 2.05) is 42.7 Å². The Balaban J connectivity index is 0.000000186. The molecule has 259 valence electrons. The van der Waals surface area contributed by atoms with Gasteiger partial charge in [-0.15, -0.1) is 59.7 Å². The second kappa shape index (κ2) is 16.2. The summed E-state index contributed by atoms with van der Waals surface area (Å²) < 4.78 is 2.31. The second-order valence-electron chi connectivity index (χ2n) is 13.0. The maximum absolute atomic E-state index is 4.70. The summed E-state index contributed by atoms with van der Waals surface area (Å²) in [6, 6.07) is 65.6. The van der Waals surface area contributed by atoms with Crippen molar-refractivity contribution in [3.63, 3.8) is 0 Å². The minimum atomic E-state index is 0. The molecule has 0 saturated carbocycles. The van der Waals surface area contributed by atoms with Gasteiger partial charge in [-0.05, 0) is 81.3 Å². The van der Waals surface area contributed by atoms with Gasteiger partial charge in [-0.25, -0.2) is 0 Å². The van der Waals surface area contributed by atoms with Crippen LogP contribution in [-0.4, -0.2) is 14.5 Å². The predicted molar refractivity (Wildman–Crippen MR) is 215 cm³/mol. The first-order chi connectivity index (χ1) is 25.6. The zero-order chi connectivity index (χ0) is 35.3. The van der Waals surface area contributed by atoms with Crippen molar-refractivity contribution in [2.75, 3.05) is 0 Å². The van der Waals surface area contributed by atoms with Crippen LogP contribution in [-0.2, 0) is 20.1 Å². The molecule has 0 bridgehead atoms. The maximum atomic E-state index is 4.70. The quantitative estimate of drug-likeness (QED) is 0.156. The number of aryl methyl sites for hydroxylation is 1. The number of pyridine rings is 2. The van der Waals surface area contributed by atoms with Gasteiger partial charge in [-0.1, -0.05) is 122 Å². The molecule has 1 atom stereocenters. The fraction of sp³-hybridized carbons (Fsp3) is 0.0612. The van der Waals surface area contributed by atoms with Crippen molar-refractivity contribution in [1.29, 1.82) is 0 Å². The van der Waals surface area contributed by atoms with E-state index in [9.17, 15) is 0 Å². The SMILES string of the molecule is CC(c1ccccc1)c1ccnc(-c2[c-]cc3c(c2)c2ccccc2n3-c2ccccc2)c1.Cc1cnc(-c2[c-]cccc2)cc1-c1ccccc1.[Ir]. The first-order valence-electron chi connectivity index (χ1n) is 17.6. The summed E-state index contributed by atoms with van der Waals surface area (Å²) in [6.07, 6.45) is 3.84. The van der Waals surface area contributed by atoms with E-state index in [4.69, 9.17) is 4.98 Å². The van der Waals surface area contributed by atoms with E-state index in [2.05, 4.69) is 175 Å². The van der Waals surface area contributed by atoms with E-state index in [0.29, 0.717) is 5.92 Å². The molecule has 53 heavy (non-hydrogen) atoms. The van der Waals surface area contributed by atoms with Crippen LogP contribution in [0.4, 0.5) is 0 Å². The van der Waals surface area contributed by atoms with Crippen LogP contribution in [0.1, 0.15) is 29.5 Å². The Morgan fingerprint density at radius 1 is 0.566 bits per heavy atom. The van der Waals surface area contributed by atoms with E-state index >= 15 is 0 Å². The van der Waals surface area contributed by atoms with Crippen LogP contribution in [0, 0.1) is 19.1 Å². The number of aromatic nitrogens is 3. The third-order valence-corrected chi connectivity index (χ3v) is 9.65. The van der Waals surface area contributed by atoms with Crippen LogP contribution in [0.15, 0.2) is 182 Å².